The number of carbonyl (C=O) groups is 1. The molecular formula is C14H23N3O. The fourth-order valence-corrected chi connectivity index (χ4v) is 2.63. The second-order valence-electron chi connectivity index (χ2n) is 5.40. The Kier molecular flexibility index (Phi) is 4.19. The van der Waals surface area contributed by atoms with Gasteiger partial charge in [0.2, 0.25) is 0 Å². The summed E-state index contributed by atoms with van der Waals surface area (Å²) >= 11 is 0. The van der Waals surface area contributed by atoms with Gasteiger partial charge in [0.1, 0.15) is 0 Å². The van der Waals surface area contributed by atoms with Crippen LogP contribution in [0.4, 0.5) is 0 Å². The molecule has 0 aromatic carbocycles. The van der Waals surface area contributed by atoms with Crippen LogP contribution in [0.15, 0.2) is 18.3 Å². The zero-order valence-corrected chi connectivity index (χ0v) is 11.6. The summed E-state index contributed by atoms with van der Waals surface area (Å²) in [6.45, 7) is 2.61. The molecule has 1 fully saturated rings. The molecule has 0 saturated carbocycles. The van der Waals surface area contributed by atoms with E-state index in [9.17, 15) is 4.79 Å². The number of rotatable bonds is 4. The molecule has 1 aliphatic heterocycles. The van der Waals surface area contributed by atoms with Crippen LogP contribution in [0.5, 0.6) is 0 Å². The minimum Gasteiger partial charge on any atom is -0.348 e. The maximum atomic E-state index is 12.1. The van der Waals surface area contributed by atoms with Crippen LogP contribution >= 0.6 is 0 Å². The third kappa shape index (κ3) is 3.00. The molecule has 2 rings (SSSR count). The number of Topliss-reactive ketones (excluding diaryl/α,β-unsaturated/α-hetero) is 1. The fourth-order valence-electron chi connectivity index (χ4n) is 2.63. The average Bonchev–Trinajstić information content (AvgIpc) is 2.76. The summed E-state index contributed by atoms with van der Waals surface area (Å²) in [4.78, 5) is 16.7. The van der Waals surface area contributed by atoms with Gasteiger partial charge in [0.15, 0.2) is 5.78 Å². The van der Waals surface area contributed by atoms with Crippen LogP contribution < -0.4 is 0 Å². The highest BCUT2D eigenvalue weighted by Gasteiger charge is 2.22. The first-order valence-corrected chi connectivity index (χ1v) is 6.61. The van der Waals surface area contributed by atoms with Crippen molar-refractivity contribution in [2.24, 2.45) is 7.05 Å². The van der Waals surface area contributed by atoms with Gasteiger partial charge in [0, 0.05) is 32.4 Å². The molecule has 2 heterocycles. The van der Waals surface area contributed by atoms with E-state index in [-0.39, 0.29) is 5.78 Å². The lowest BCUT2D eigenvalue weighted by atomic mass is 10.0. The highest BCUT2D eigenvalue weighted by atomic mass is 16.1. The van der Waals surface area contributed by atoms with Crippen molar-refractivity contribution < 1.29 is 4.79 Å². The maximum absolute atomic E-state index is 12.1. The highest BCUT2D eigenvalue weighted by molar-refractivity contribution is 5.96. The van der Waals surface area contributed by atoms with Gasteiger partial charge >= 0.3 is 0 Å². The Morgan fingerprint density at radius 3 is 2.56 bits per heavy atom. The Balaban J connectivity index is 1.85. The fraction of sp³-hybridized carbons (Fsp3) is 0.643. The molecule has 0 aliphatic carbocycles. The third-order valence-corrected chi connectivity index (χ3v) is 3.88. The SMILES string of the molecule is CN(C)C1CCN(CC(=O)c2cccn2C)CC1. The van der Waals surface area contributed by atoms with Gasteiger partial charge in [-0.2, -0.15) is 0 Å². The molecular weight excluding hydrogens is 226 g/mol. The van der Waals surface area contributed by atoms with E-state index in [1.165, 1.54) is 0 Å². The van der Waals surface area contributed by atoms with Crippen molar-refractivity contribution in [3.63, 3.8) is 0 Å². The number of piperidine rings is 1. The van der Waals surface area contributed by atoms with Crippen LogP contribution in [0.25, 0.3) is 0 Å². The Labute approximate surface area is 109 Å². The lowest BCUT2D eigenvalue weighted by Crippen LogP contribution is -2.43. The number of aryl methyl sites for hydroxylation is 1. The van der Waals surface area contributed by atoms with Crippen LogP contribution in [-0.4, -0.2) is 59.9 Å². The summed E-state index contributed by atoms with van der Waals surface area (Å²) in [5.41, 5.74) is 0.810. The molecule has 100 valence electrons. The second kappa shape index (κ2) is 5.67. The summed E-state index contributed by atoms with van der Waals surface area (Å²) in [5.74, 6) is 0.228. The molecule has 4 heteroatoms. The zero-order valence-electron chi connectivity index (χ0n) is 11.6. The maximum Gasteiger partial charge on any atom is 0.193 e. The molecule has 0 amide bonds. The number of likely N-dealkylation sites (tertiary alicyclic amines) is 1. The van der Waals surface area contributed by atoms with E-state index in [4.69, 9.17) is 0 Å². The Morgan fingerprint density at radius 1 is 1.39 bits per heavy atom. The van der Waals surface area contributed by atoms with Crippen LogP contribution in [0.1, 0.15) is 23.3 Å². The van der Waals surface area contributed by atoms with Gasteiger partial charge in [-0.25, -0.2) is 0 Å². The molecule has 0 atom stereocenters. The molecule has 18 heavy (non-hydrogen) atoms. The molecule has 0 bridgehead atoms. The van der Waals surface area contributed by atoms with E-state index in [1.54, 1.807) is 0 Å². The lowest BCUT2D eigenvalue weighted by Gasteiger charge is -2.34. The average molecular weight is 249 g/mol. The van der Waals surface area contributed by atoms with E-state index >= 15 is 0 Å². The van der Waals surface area contributed by atoms with Gasteiger partial charge in [0.25, 0.3) is 0 Å². The largest absolute Gasteiger partial charge is 0.348 e. The van der Waals surface area contributed by atoms with Gasteiger partial charge < -0.3 is 9.47 Å². The summed E-state index contributed by atoms with van der Waals surface area (Å²) in [5, 5.41) is 0. The molecule has 1 aromatic rings. The van der Waals surface area contributed by atoms with Crippen molar-refractivity contribution >= 4 is 5.78 Å². The number of hydrogen-bond acceptors (Lipinski definition) is 3. The molecule has 0 N–H and O–H groups in total. The van der Waals surface area contributed by atoms with Gasteiger partial charge in [-0.1, -0.05) is 0 Å². The van der Waals surface area contributed by atoms with E-state index in [2.05, 4.69) is 23.9 Å². The topological polar surface area (TPSA) is 28.5 Å². The summed E-state index contributed by atoms with van der Waals surface area (Å²) in [7, 11) is 6.19. The quantitative estimate of drug-likeness (QED) is 0.752. The van der Waals surface area contributed by atoms with E-state index in [0.717, 1.165) is 31.6 Å². The molecule has 4 nitrogen and oxygen atoms in total. The van der Waals surface area contributed by atoms with Crippen molar-refractivity contribution in [2.75, 3.05) is 33.7 Å². The van der Waals surface area contributed by atoms with Crippen molar-refractivity contribution in [1.29, 1.82) is 0 Å². The van der Waals surface area contributed by atoms with Crippen LogP contribution in [-0.2, 0) is 7.05 Å². The van der Waals surface area contributed by atoms with Crippen molar-refractivity contribution in [2.45, 2.75) is 18.9 Å². The molecule has 1 aromatic heterocycles. The third-order valence-electron chi connectivity index (χ3n) is 3.88. The number of aromatic nitrogens is 1. The Bertz CT molecular complexity index is 403. The van der Waals surface area contributed by atoms with E-state index < -0.39 is 0 Å². The minimum atomic E-state index is 0.228. The molecule has 0 radical (unpaired) electrons. The Hall–Kier alpha value is -1.13. The summed E-state index contributed by atoms with van der Waals surface area (Å²) in [6.07, 6.45) is 4.24. The first-order chi connectivity index (χ1) is 8.58. The van der Waals surface area contributed by atoms with Gasteiger partial charge in [0.05, 0.1) is 12.2 Å². The normalized spacial score (nSPS) is 18.4. The van der Waals surface area contributed by atoms with Crippen LogP contribution in [0.3, 0.4) is 0 Å². The van der Waals surface area contributed by atoms with Crippen molar-refractivity contribution in [1.82, 2.24) is 14.4 Å². The minimum absolute atomic E-state index is 0.228. The predicted octanol–water partition coefficient (Wildman–Crippen LogP) is 1.23. The number of carbonyl (C=O) groups excluding carboxylic acids is 1. The van der Waals surface area contributed by atoms with Crippen molar-refractivity contribution in [3.8, 4) is 0 Å². The predicted molar refractivity (Wildman–Crippen MR) is 72.9 cm³/mol. The lowest BCUT2D eigenvalue weighted by molar-refractivity contribution is 0.0866. The first-order valence-electron chi connectivity index (χ1n) is 6.61. The molecule has 0 spiro atoms. The molecule has 1 aliphatic rings. The first kappa shape index (κ1) is 13.3. The standard InChI is InChI=1S/C14H23N3O/c1-15(2)12-6-9-17(10-7-12)11-14(18)13-5-4-8-16(13)3/h4-5,8,12H,6-7,9-11H2,1-3H3. The number of ketones is 1. The summed E-state index contributed by atoms with van der Waals surface area (Å²) in [6, 6.07) is 4.49. The van der Waals surface area contributed by atoms with E-state index in [1.807, 2.05) is 29.9 Å². The highest BCUT2D eigenvalue weighted by Crippen LogP contribution is 2.14. The van der Waals surface area contributed by atoms with Crippen molar-refractivity contribution in [3.05, 3.63) is 24.0 Å². The second-order valence-corrected chi connectivity index (χ2v) is 5.40. The van der Waals surface area contributed by atoms with E-state index in [0.29, 0.717) is 12.6 Å². The van der Waals surface area contributed by atoms with Gasteiger partial charge in [-0.3, -0.25) is 9.69 Å². The van der Waals surface area contributed by atoms with Crippen LogP contribution in [0.2, 0.25) is 0 Å². The monoisotopic (exact) mass is 249 g/mol. The smallest absolute Gasteiger partial charge is 0.193 e. The van der Waals surface area contributed by atoms with Gasteiger partial charge in [-0.05, 0) is 39.1 Å². The van der Waals surface area contributed by atoms with Gasteiger partial charge in [-0.15, -0.1) is 0 Å². The molecule has 0 unspecified atom stereocenters. The number of hydrogen-bond donors (Lipinski definition) is 0. The molecule has 1 saturated heterocycles. The zero-order chi connectivity index (χ0) is 13.1. The Morgan fingerprint density at radius 2 is 2.06 bits per heavy atom. The van der Waals surface area contributed by atoms with Crippen LogP contribution in [0, 0.1) is 0 Å². The summed E-state index contributed by atoms with van der Waals surface area (Å²) < 4.78 is 1.90. The number of nitrogens with zero attached hydrogens (tertiary/aromatic N) is 3.